The Kier molecular flexibility index (Phi) is 6.04. The summed E-state index contributed by atoms with van der Waals surface area (Å²) in [6, 6.07) is 19.9. The SMILES string of the molecule is CCc1ccc(C(CNC(=O)c2cc(-c3ccccc3)no2)N(C)C)cc1. The van der Waals surface area contributed by atoms with Crippen molar-refractivity contribution in [3.8, 4) is 11.3 Å². The van der Waals surface area contributed by atoms with Crippen molar-refractivity contribution in [2.75, 3.05) is 20.6 Å². The first-order chi connectivity index (χ1) is 13.1. The molecule has 1 N–H and O–H groups in total. The van der Waals surface area contributed by atoms with E-state index in [2.05, 4.69) is 46.6 Å². The van der Waals surface area contributed by atoms with Crippen LogP contribution in [0.1, 0.15) is 34.6 Å². The van der Waals surface area contributed by atoms with Gasteiger partial charge in [-0.15, -0.1) is 0 Å². The highest BCUT2D eigenvalue weighted by atomic mass is 16.5. The maximum Gasteiger partial charge on any atom is 0.289 e. The van der Waals surface area contributed by atoms with Crippen LogP contribution in [0, 0.1) is 0 Å². The molecule has 0 saturated heterocycles. The molecule has 0 aliphatic heterocycles. The summed E-state index contributed by atoms with van der Waals surface area (Å²) >= 11 is 0. The highest BCUT2D eigenvalue weighted by Gasteiger charge is 2.18. The van der Waals surface area contributed by atoms with Crippen LogP contribution >= 0.6 is 0 Å². The second-order valence-electron chi connectivity index (χ2n) is 6.73. The van der Waals surface area contributed by atoms with Crippen molar-refractivity contribution < 1.29 is 9.32 Å². The molecule has 0 spiro atoms. The number of likely N-dealkylation sites (N-methyl/N-ethyl adjacent to an activating group) is 1. The number of carbonyl (C=O) groups is 1. The van der Waals surface area contributed by atoms with Gasteiger partial charge in [0.15, 0.2) is 0 Å². The standard InChI is InChI=1S/C22H25N3O2/c1-4-16-10-12-18(13-11-16)20(25(2)3)15-23-22(26)21-14-19(24-27-21)17-8-6-5-7-9-17/h5-14,20H,4,15H2,1-3H3,(H,23,26). The summed E-state index contributed by atoms with van der Waals surface area (Å²) in [5.74, 6) is -0.0469. The van der Waals surface area contributed by atoms with E-state index in [-0.39, 0.29) is 17.7 Å². The quantitative estimate of drug-likeness (QED) is 0.691. The first kappa shape index (κ1) is 18.9. The maximum absolute atomic E-state index is 12.5. The Morgan fingerprint density at radius 3 is 2.44 bits per heavy atom. The Hall–Kier alpha value is -2.92. The third-order valence-corrected chi connectivity index (χ3v) is 4.66. The molecule has 5 nitrogen and oxygen atoms in total. The molecule has 0 fully saturated rings. The van der Waals surface area contributed by atoms with Crippen molar-refractivity contribution in [2.24, 2.45) is 0 Å². The number of carbonyl (C=O) groups excluding carboxylic acids is 1. The van der Waals surface area contributed by atoms with Crippen molar-refractivity contribution in [3.63, 3.8) is 0 Å². The van der Waals surface area contributed by atoms with Crippen molar-refractivity contribution in [2.45, 2.75) is 19.4 Å². The average Bonchev–Trinajstić information content (AvgIpc) is 3.19. The van der Waals surface area contributed by atoms with Crippen LogP contribution in [0.5, 0.6) is 0 Å². The minimum atomic E-state index is -0.262. The fourth-order valence-corrected chi connectivity index (χ4v) is 2.98. The fraction of sp³-hybridized carbons (Fsp3) is 0.273. The normalized spacial score (nSPS) is 12.1. The van der Waals surface area contributed by atoms with Gasteiger partial charge in [0.2, 0.25) is 5.76 Å². The van der Waals surface area contributed by atoms with Gasteiger partial charge in [0, 0.05) is 18.2 Å². The smallest absolute Gasteiger partial charge is 0.289 e. The summed E-state index contributed by atoms with van der Waals surface area (Å²) in [4.78, 5) is 14.6. The predicted molar refractivity (Wildman–Crippen MR) is 107 cm³/mol. The minimum Gasteiger partial charge on any atom is -0.350 e. The second kappa shape index (κ2) is 8.64. The van der Waals surface area contributed by atoms with Gasteiger partial charge in [-0.05, 0) is 31.6 Å². The van der Waals surface area contributed by atoms with Gasteiger partial charge in [-0.25, -0.2) is 0 Å². The van der Waals surface area contributed by atoms with Crippen molar-refractivity contribution in [1.29, 1.82) is 0 Å². The van der Waals surface area contributed by atoms with E-state index in [1.54, 1.807) is 6.07 Å². The summed E-state index contributed by atoms with van der Waals surface area (Å²) < 4.78 is 5.23. The largest absolute Gasteiger partial charge is 0.350 e. The van der Waals surface area contributed by atoms with E-state index >= 15 is 0 Å². The number of aryl methyl sites for hydroxylation is 1. The Morgan fingerprint density at radius 1 is 1.11 bits per heavy atom. The lowest BCUT2D eigenvalue weighted by Gasteiger charge is -2.25. The third kappa shape index (κ3) is 4.63. The van der Waals surface area contributed by atoms with E-state index in [1.807, 2.05) is 44.4 Å². The van der Waals surface area contributed by atoms with Crippen molar-refractivity contribution >= 4 is 5.91 Å². The molecule has 0 bridgehead atoms. The number of rotatable bonds is 7. The van der Waals surface area contributed by atoms with E-state index in [4.69, 9.17) is 4.52 Å². The van der Waals surface area contributed by atoms with E-state index in [9.17, 15) is 4.79 Å². The van der Waals surface area contributed by atoms with E-state index in [0.29, 0.717) is 12.2 Å². The molecule has 0 aliphatic carbocycles. The highest BCUT2D eigenvalue weighted by molar-refractivity contribution is 5.92. The zero-order chi connectivity index (χ0) is 19.2. The number of benzene rings is 2. The van der Waals surface area contributed by atoms with Gasteiger partial charge in [0.1, 0.15) is 5.69 Å². The zero-order valence-electron chi connectivity index (χ0n) is 16.0. The lowest BCUT2D eigenvalue weighted by molar-refractivity contribution is 0.0905. The number of aromatic nitrogens is 1. The van der Waals surface area contributed by atoms with Gasteiger partial charge in [-0.2, -0.15) is 0 Å². The molecule has 2 aromatic carbocycles. The molecule has 1 unspecified atom stereocenters. The molecular weight excluding hydrogens is 338 g/mol. The molecule has 3 aromatic rings. The lowest BCUT2D eigenvalue weighted by atomic mass is 10.0. The van der Waals surface area contributed by atoms with Gasteiger partial charge >= 0.3 is 0 Å². The molecular formula is C22H25N3O2. The van der Waals surface area contributed by atoms with Crippen LogP contribution in [-0.4, -0.2) is 36.6 Å². The second-order valence-corrected chi connectivity index (χ2v) is 6.73. The van der Waals surface area contributed by atoms with Crippen LogP contribution in [0.2, 0.25) is 0 Å². The minimum absolute atomic E-state index is 0.0800. The molecule has 27 heavy (non-hydrogen) atoms. The number of hydrogen-bond acceptors (Lipinski definition) is 4. The number of nitrogens with zero attached hydrogens (tertiary/aromatic N) is 2. The first-order valence-electron chi connectivity index (χ1n) is 9.14. The molecule has 1 aromatic heterocycles. The first-order valence-corrected chi connectivity index (χ1v) is 9.14. The van der Waals surface area contributed by atoms with Crippen molar-refractivity contribution in [3.05, 3.63) is 77.6 Å². The summed E-state index contributed by atoms with van der Waals surface area (Å²) in [7, 11) is 4.01. The molecule has 1 heterocycles. The van der Waals surface area contributed by atoms with E-state index in [1.165, 1.54) is 11.1 Å². The van der Waals surface area contributed by atoms with Crippen LogP contribution in [0.4, 0.5) is 0 Å². The van der Waals surface area contributed by atoms with Crippen LogP contribution in [0.25, 0.3) is 11.3 Å². The molecule has 1 atom stereocenters. The monoisotopic (exact) mass is 363 g/mol. The predicted octanol–water partition coefficient (Wildman–Crippen LogP) is 3.94. The molecule has 1 amide bonds. The number of amides is 1. The molecule has 5 heteroatoms. The van der Waals surface area contributed by atoms with Gasteiger partial charge in [-0.3, -0.25) is 4.79 Å². The van der Waals surface area contributed by atoms with Gasteiger partial charge < -0.3 is 14.7 Å². The maximum atomic E-state index is 12.5. The zero-order valence-corrected chi connectivity index (χ0v) is 16.0. The summed E-state index contributed by atoms with van der Waals surface area (Å²) in [6.07, 6.45) is 1.01. The third-order valence-electron chi connectivity index (χ3n) is 4.66. The molecule has 0 aliphatic rings. The molecule has 140 valence electrons. The van der Waals surface area contributed by atoms with Gasteiger partial charge in [0.25, 0.3) is 5.91 Å². The van der Waals surface area contributed by atoms with Gasteiger partial charge in [0.05, 0.1) is 6.04 Å². The highest BCUT2D eigenvalue weighted by Crippen LogP contribution is 2.20. The average molecular weight is 363 g/mol. The molecule has 0 saturated carbocycles. The summed E-state index contributed by atoms with van der Waals surface area (Å²) in [6.45, 7) is 2.62. The Labute approximate surface area is 160 Å². The van der Waals surface area contributed by atoms with Crippen LogP contribution in [-0.2, 0) is 6.42 Å². The van der Waals surface area contributed by atoms with Crippen LogP contribution < -0.4 is 5.32 Å². The lowest BCUT2D eigenvalue weighted by Crippen LogP contribution is -2.34. The van der Waals surface area contributed by atoms with Crippen molar-refractivity contribution in [1.82, 2.24) is 15.4 Å². The number of hydrogen-bond donors (Lipinski definition) is 1. The van der Waals surface area contributed by atoms with Crippen LogP contribution in [0.15, 0.2) is 65.2 Å². The fourth-order valence-electron chi connectivity index (χ4n) is 2.98. The summed E-state index contributed by atoms with van der Waals surface area (Å²) in [5.41, 5.74) is 4.04. The molecule has 3 rings (SSSR count). The molecule has 0 radical (unpaired) electrons. The topological polar surface area (TPSA) is 58.4 Å². The Balaban J connectivity index is 1.66. The van der Waals surface area contributed by atoms with Gasteiger partial charge in [-0.1, -0.05) is 66.7 Å². The Bertz CT molecular complexity index is 870. The van der Waals surface area contributed by atoms with E-state index < -0.39 is 0 Å². The van der Waals surface area contributed by atoms with Crippen LogP contribution in [0.3, 0.4) is 0 Å². The summed E-state index contributed by atoms with van der Waals surface area (Å²) in [5, 5.41) is 6.96. The Morgan fingerprint density at radius 2 is 1.81 bits per heavy atom. The van der Waals surface area contributed by atoms with E-state index in [0.717, 1.165) is 12.0 Å². The number of nitrogens with one attached hydrogen (secondary N) is 1.